The fourth-order valence-electron chi connectivity index (χ4n) is 2.95. The maximum atomic E-state index is 12.8. The number of hydrogen-bond donors (Lipinski definition) is 2. The van der Waals surface area contributed by atoms with Crippen molar-refractivity contribution in [2.75, 3.05) is 31.7 Å². The maximum absolute atomic E-state index is 12.8. The van der Waals surface area contributed by atoms with E-state index in [1.165, 1.54) is 0 Å². The van der Waals surface area contributed by atoms with E-state index in [1.54, 1.807) is 11.8 Å². The van der Waals surface area contributed by atoms with Crippen LogP contribution in [0.25, 0.3) is 0 Å². The lowest BCUT2D eigenvalue weighted by atomic mass is 10.1. The molecule has 1 rings (SSSR count). The van der Waals surface area contributed by atoms with Crippen molar-refractivity contribution >= 4 is 29.3 Å². The van der Waals surface area contributed by atoms with E-state index < -0.39 is 0 Å². The first-order valence-electron chi connectivity index (χ1n) is 9.39. The van der Waals surface area contributed by atoms with Gasteiger partial charge < -0.3 is 15.1 Å². The Morgan fingerprint density at radius 1 is 1.12 bits per heavy atom. The highest BCUT2D eigenvalue weighted by molar-refractivity contribution is 7.98. The van der Waals surface area contributed by atoms with Gasteiger partial charge in [0.05, 0.1) is 12.7 Å². The number of nitrogens with zero attached hydrogens (tertiary/aromatic N) is 1. The third kappa shape index (κ3) is 6.65. The zero-order valence-electron chi connectivity index (χ0n) is 17.0. The molecule has 0 radical (unpaired) electrons. The molecule has 0 bridgehead atoms. The van der Waals surface area contributed by atoms with Crippen molar-refractivity contribution in [3.63, 3.8) is 0 Å². The van der Waals surface area contributed by atoms with Gasteiger partial charge in [-0.15, -0.1) is 11.8 Å². The molecule has 0 heterocycles. The molecule has 0 spiro atoms. The van der Waals surface area contributed by atoms with Gasteiger partial charge in [0.15, 0.2) is 13.1 Å². The third-order valence-electron chi connectivity index (χ3n) is 4.72. The number of thioether (sulfide) groups is 1. The number of likely N-dealkylation sites (N-methyl/N-ethyl adjacent to an activating group) is 1. The standard InChI is InChI=1S/C20H33N3O2S/c1-7-15(3)23(16(4)8-2)20(25)14-22(5)13-19(24)21-17-11-9-10-12-18(17)26-6/h9-12,15-16H,7-8,13-14H2,1-6H3,(H,21,24)/p+1/t15-,16-/m1/s1. The lowest BCUT2D eigenvalue weighted by Crippen LogP contribution is -3.11. The van der Waals surface area contributed by atoms with Gasteiger partial charge in [0.2, 0.25) is 0 Å². The van der Waals surface area contributed by atoms with Gasteiger partial charge in [-0.1, -0.05) is 26.0 Å². The van der Waals surface area contributed by atoms with Crippen molar-refractivity contribution in [2.45, 2.75) is 57.5 Å². The number of benzene rings is 1. The monoisotopic (exact) mass is 380 g/mol. The molecule has 0 aliphatic carbocycles. The molecule has 3 atom stereocenters. The minimum atomic E-state index is -0.0737. The molecule has 1 aromatic rings. The summed E-state index contributed by atoms with van der Waals surface area (Å²) in [6.45, 7) is 8.97. The van der Waals surface area contributed by atoms with Crippen LogP contribution in [0.2, 0.25) is 0 Å². The molecule has 0 saturated carbocycles. The number of carbonyl (C=O) groups excluding carboxylic acids is 2. The molecular formula is C20H34N3O2S+. The number of nitrogens with one attached hydrogen (secondary N) is 2. The topological polar surface area (TPSA) is 53.9 Å². The van der Waals surface area contributed by atoms with Crippen LogP contribution < -0.4 is 10.2 Å². The molecule has 2 N–H and O–H groups in total. The summed E-state index contributed by atoms with van der Waals surface area (Å²) < 4.78 is 0. The summed E-state index contributed by atoms with van der Waals surface area (Å²) in [5.74, 6) is 0.0407. The minimum absolute atomic E-state index is 0.0737. The number of carbonyl (C=O) groups is 2. The summed E-state index contributed by atoms with van der Waals surface area (Å²) in [6, 6.07) is 8.18. The molecular weight excluding hydrogens is 346 g/mol. The highest BCUT2D eigenvalue weighted by Crippen LogP contribution is 2.24. The van der Waals surface area contributed by atoms with Crippen molar-refractivity contribution < 1.29 is 14.5 Å². The summed E-state index contributed by atoms with van der Waals surface area (Å²) in [4.78, 5) is 29.0. The van der Waals surface area contributed by atoms with Gasteiger partial charge in [-0.3, -0.25) is 9.59 Å². The van der Waals surface area contributed by atoms with Gasteiger partial charge in [-0.2, -0.15) is 0 Å². The molecule has 0 fully saturated rings. The SMILES string of the molecule is CC[C@@H](C)N(C(=O)C[NH+](C)CC(=O)Nc1ccccc1SC)[C@H](C)CC. The van der Waals surface area contributed by atoms with Crippen molar-refractivity contribution in [1.82, 2.24) is 4.90 Å². The van der Waals surface area contributed by atoms with Crippen molar-refractivity contribution in [1.29, 1.82) is 0 Å². The largest absolute Gasteiger partial charge is 0.332 e. The normalized spacial score (nSPS) is 14.4. The second kappa shape index (κ2) is 11.2. The average molecular weight is 381 g/mol. The predicted molar refractivity (Wildman–Crippen MR) is 110 cm³/mol. The molecule has 2 amide bonds. The van der Waals surface area contributed by atoms with Crippen LogP contribution >= 0.6 is 11.8 Å². The van der Waals surface area contributed by atoms with E-state index in [9.17, 15) is 9.59 Å². The second-order valence-corrected chi connectivity index (χ2v) is 7.72. The Labute approximate surface area is 162 Å². The Morgan fingerprint density at radius 3 is 2.23 bits per heavy atom. The van der Waals surface area contributed by atoms with Crippen LogP contribution in [0.5, 0.6) is 0 Å². The Bertz CT molecular complexity index is 584. The lowest BCUT2D eigenvalue weighted by Gasteiger charge is -2.34. The van der Waals surface area contributed by atoms with Gasteiger partial charge in [0.25, 0.3) is 11.8 Å². The van der Waals surface area contributed by atoms with E-state index in [1.807, 2.05) is 42.5 Å². The Kier molecular flexibility index (Phi) is 9.73. The molecule has 5 nitrogen and oxygen atoms in total. The molecule has 1 unspecified atom stereocenters. The molecule has 0 aliphatic heterocycles. The van der Waals surface area contributed by atoms with Crippen molar-refractivity contribution in [3.8, 4) is 0 Å². The van der Waals surface area contributed by atoms with E-state index in [2.05, 4.69) is 33.0 Å². The average Bonchev–Trinajstić information content (AvgIpc) is 2.61. The first kappa shape index (κ1) is 22.5. The molecule has 0 aliphatic rings. The number of quaternary nitrogens is 1. The summed E-state index contributed by atoms with van der Waals surface area (Å²) in [5, 5.41) is 2.96. The lowest BCUT2D eigenvalue weighted by molar-refractivity contribution is -0.862. The van der Waals surface area contributed by atoms with E-state index in [-0.39, 0.29) is 30.4 Å². The number of hydrogen-bond acceptors (Lipinski definition) is 3. The van der Waals surface area contributed by atoms with E-state index in [0.717, 1.165) is 28.3 Å². The summed E-state index contributed by atoms with van der Waals surface area (Å²) in [7, 11) is 1.89. The number of amides is 2. The number of rotatable bonds is 10. The summed E-state index contributed by atoms with van der Waals surface area (Å²) >= 11 is 1.60. The molecule has 146 valence electrons. The van der Waals surface area contributed by atoms with Crippen LogP contribution in [-0.2, 0) is 9.59 Å². The predicted octanol–water partition coefficient (Wildman–Crippen LogP) is 2.29. The highest BCUT2D eigenvalue weighted by atomic mass is 32.2. The molecule has 0 saturated heterocycles. The zero-order valence-corrected chi connectivity index (χ0v) is 17.8. The Balaban J connectivity index is 2.64. The number of anilines is 1. The molecule has 0 aromatic heterocycles. The fourth-order valence-corrected chi connectivity index (χ4v) is 3.50. The maximum Gasteiger partial charge on any atom is 0.279 e. The third-order valence-corrected chi connectivity index (χ3v) is 5.51. The zero-order chi connectivity index (χ0) is 19.7. The van der Waals surface area contributed by atoms with Gasteiger partial charge in [0.1, 0.15) is 0 Å². The fraction of sp³-hybridized carbons (Fsp3) is 0.600. The van der Waals surface area contributed by atoms with Crippen molar-refractivity contribution in [3.05, 3.63) is 24.3 Å². The van der Waals surface area contributed by atoms with E-state index in [0.29, 0.717) is 6.54 Å². The second-order valence-electron chi connectivity index (χ2n) is 6.87. The molecule has 26 heavy (non-hydrogen) atoms. The summed E-state index contributed by atoms with van der Waals surface area (Å²) in [6.07, 6.45) is 3.85. The van der Waals surface area contributed by atoms with Crippen LogP contribution in [-0.4, -0.2) is 55.2 Å². The van der Waals surface area contributed by atoms with Crippen LogP contribution in [0, 0.1) is 0 Å². The summed E-state index contributed by atoms with van der Waals surface area (Å²) in [5.41, 5.74) is 0.824. The number of para-hydroxylation sites is 1. The first-order valence-corrected chi connectivity index (χ1v) is 10.6. The Hall–Kier alpha value is -1.53. The van der Waals surface area contributed by atoms with E-state index >= 15 is 0 Å². The van der Waals surface area contributed by atoms with Crippen LogP contribution in [0.4, 0.5) is 5.69 Å². The Morgan fingerprint density at radius 2 is 1.69 bits per heavy atom. The van der Waals surface area contributed by atoms with Crippen LogP contribution in [0.15, 0.2) is 29.2 Å². The van der Waals surface area contributed by atoms with Gasteiger partial charge >= 0.3 is 0 Å². The van der Waals surface area contributed by atoms with Crippen LogP contribution in [0.1, 0.15) is 40.5 Å². The highest BCUT2D eigenvalue weighted by Gasteiger charge is 2.26. The molecule has 1 aromatic carbocycles. The van der Waals surface area contributed by atoms with Gasteiger partial charge in [-0.05, 0) is 45.1 Å². The molecule has 6 heteroatoms. The van der Waals surface area contributed by atoms with Gasteiger partial charge in [0, 0.05) is 17.0 Å². The first-order chi connectivity index (χ1) is 12.3. The van der Waals surface area contributed by atoms with E-state index in [4.69, 9.17) is 0 Å². The smallest absolute Gasteiger partial charge is 0.279 e. The minimum Gasteiger partial charge on any atom is -0.332 e. The van der Waals surface area contributed by atoms with Gasteiger partial charge in [-0.25, -0.2) is 0 Å². The van der Waals surface area contributed by atoms with Crippen LogP contribution in [0.3, 0.4) is 0 Å². The van der Waals surface area contributed by atoms with Crippen molar-refractivity contribution in [2.24, 2.45) is 0 Å². The quantitative estimate of drug-likeness (QED) is 0.613.